The number of rotatable bonds is 15. The molecule has 1 saturated heterocycles. The molecule has 1 N–H and O–H groups in total. The van der Waals surface area contributed by atoms with Crippen LogP contribution in [0, 0.1) is 0 Å². The van der Waals surface area contributed by atoms with Crippen LogP contribution >= 0.6 is 0 Å². The van der Waals surface area contributed by atoms with E-state index in [0.29, 0.717) is 13.2 Å². The van der Waals surface area contributed by atoms with Gasteiger partial charge in [-0.3, -0.25) is 0 Å². The molecule has 0 aliphatic carbocycles. The molecule has 1 fully saturated rings. The van der Waals surface area contributed by atoms with E-state index in [-0.39, 0.29) is 13.2 Å². The molecule has 1 heterocycles. The van der Waals surface area contributed by atoms with E-state index in [1.54, 1.807) is 0 Å². The highest BCUT2D eigenvalue weighted by Gasteiger charge is 2.49. The predicted octanol–water partition coefficient (Wildman–Crippen LogP) is 8.47. The minimum atomic E-state index is -1.31. The topological polar surface area (TPSA) is 66.4 Å². The lowest BCUT2D eigenvalue weighted by Crippen LogP contribution is -2.61. The maximum atomic E-state index is 11.7. The number of hydrogen-bond donors (Lipinski definition) is 1. The third kappa shape index (κ3) is 8.41. The van der Waals surface area contributed by atoms with Gasteiger partial charge in [-0.1, -0.05) is 182 Å². The second-order valence-corrected chi connectivity index (χ2v) is 12.9. The Kier molecular flexibility index (Phi) is 12.0. The summed E-state index contributed by atoms with van der Waals surface area (Å²) < 4.78 is 33.6. The molecule has 6 aromatic carbocycles. The van der Waals surface area contributed by atoms with Crippen molar-refractivity contribution in [3.8, 4) is 0 Å². The van der Waals surface area contributed by atoms with Crippen molar-refractivity contribution >= 4 is 0 Å². The molecular formula is C46H44O6. The fourth-order valence-electron chi connectivity index (χ4n) is 6.87. The second kappa shape index (κ2) is 17.5. The first-order valence-corrected chi connectivity index (χ1v) is 17.8. The third-order valence-corrected chi connectivity index (χ3v) is 9.47. The maximum Gasteiger partial charge on any atom is 0.184 e. The molecule has 6 heteroatoms. The standard InChI is InChI=1S/C46H44O6/c47-45-44(50-33-37-23-11-3-12-24-37)43(49-32-36-21-9-2-10-22-36)42(48-31-35-19-7-1-8-20-35)41(52-45)34-51-46(38-25-13-4-14-26-38,39-27-15-5-16-28-39)40-29-17-6-18-30-40/h1-30,41-45,47H,31-34H2/t41-,42+,43-,44-,45+/m0/s1. The molecule has 52 heavy (non-hydrogen) atoms. The molecule has 0 amide bonds. The van der Waals surface area contributed by atoms with Gasteiger partial charge in [-0.2, -0.15) is 0 Å². The molecule has 6 aromatic rings. The third-order valence-electron chi connectivity index (χ3n) is 9.47. The SMILES string of the molecule is O[C@@H]1O[C@@H](COC(c2ccccc2)(c2ccccc2)c2ccccc2)[C@@H](OCc2ccccc2)[C@H](OCc2ccccc2)[C@@H]1OCc1ccccc1. The van der Waals surface area contributed by atoms with E-state index in [2.05, 4.69) is 36.4 Å². The average molecular weight is 693 g/mol. The molecule has 0 unspecified atom stereocenters. The molecule has 7 rings (SSSR count). The number of hydrogen-bond acceptors (Lipinski definition) is 6. The van der Waals surface area contributed by atoms with Gasteiger partial charge in [0.15, 0.2) is 6.29 Å². The van der Waals surface area contributed by atoms with Crippen molar-refractivity contribution in [3.05, 3.63) is 215 Å². The smallest absolute Gasteiger partial charge is 0.184 e. The van der Waals surface area contributed by atoms with Crippen LogP contribution in [0.2, 0.25) is 0 Å². The Morgan fingerprint density at radius 1 is 0.423 bits per heavy atom. The molecule has 0 saturated carbocycles. The Hall–Kier alpha value is -4.92. The van der Waals surface area contributed by atoms with Crippen LogP contribution in [0.15, 0.2) is 182 Å². The summed E-state index contributed by atoms with van der Waals surface area (Å²) in [7, 11) is 0. The molecule has 0 aromatic heterocycles. The molecule has 0 radical (unpaired) electrons. The van der Waals surface area contributed by atoms with Crippen LogP contribution in [0.3, 0.4) is 0 Å². The molecule has 0 bridgehead atoms. The quantitative estimate of drug-likeness (QED) is 0.109. The van der Waals surface area contributed by atoms with Gasteiger partial charge in [0.05, 0.1) is 26.4 Å². The van der Waals surface area contributed by atoms with Gasteiger partial charge < -0.3 is 28.8 Å². The van der Waals surface area contributed by atoms with Crippen LogP contribution in [-0.4, -0.2) is 42.4 Å². The summed E-state index contributed by atoms with van der Waals surface area (Å²) >= 11 is 0. The fraction of sp³-hybridized carbons (Fsp3) is 0.217. The Labute approximate surface area is 306 Å². The first-order valence-electron chi connectivity index (χ1n) is 17.8. The lowest BCUT2D eigenvalue weighted by Gasteiger charge is -2.45. The van der Waals surface area contributed by atoms with E-state index < -0.39 is 36.3 Å². The zero-order valence-electron chi connectivity index (χ0n) is 29.0. The minimum absolute atomic E-state index is 0.0752. The van der Waals surface area contributed by atoms with Gasteiger partial charge in [0.1, 0.15) is 30.0 Å². The van der Waals surface area contributed by atoms with Gasteiger partial charge >= 0.3 is 0 Å². The predicted molar refractivity (Wildman–Crippen MR) is 201 cm³/mol. The van der Waals surface area contributed by atoms with Gasteiger partial charge in [0, 0.05) is 0 Å². The minimum Gasteiger partial charge on any atom is -0.368 e. The van der Waals surface area contributed by atoms with Gasteiger partial charge in [0.25, 0.3) is 0 Å². The average Bonchev–Trinajstić information content (AvgIpc) is 3.22. The zero-order chi connectivity index (χ0) is 35.4. The van der Waals surface area contributed by atoms with Gasteiger partial charge in [-0.25, -0.2) is 0 Å². The van der Waals surface area contributed by atoms with Gasteiger partial charge in [-0.15, -0.1) is 0 Å². The number of aliphatic hydroxyl groups is 1. The fourth-order valence-corrected chi connectivity index (χ4v) is 6.87. The number of ether oxygens (including phenoxy) is 5. The summed E-state index contributed by atoms with van der Waals surface area (Å²) in [6.45, 7) is 0.943. The monoisotopic (exact) mass is 692 g/mol. The van der Waals surface area contributed by atoms with Gasteiger partial charge in [0.2, 0.25) is 0 Å². The molecule has 1 aliphatic rings. The van der Waals surface area contributed by atoms with E-state index >= 15 is 0 Å². The van der Waals surface area contributed by atoms with Crippen molar-refractivity contribution in [2.75, 3.05) is 6.61 Å². The first kappa shape index (κ1) is 35.5. The summed E-state index contributed by atoms with van der Waals surface area (Å²) in [5, 5.41) is 11.7. The van der Waals surface area contributed by atoms with E-state index in [1.807, 2.05) is 146 Å². The molecular weight excluding hydrogens is 649 g/mol. The number of aliphatic hydroxyl groups excluding tert-OH is 1. The van der Waals surface area contributed by atoms with E-state index in [1.165, 1.54) is 0 Å². The highest BCUT2D eigenvalue weighted by atomic mass is 16.7. The first-order chi connectivity index (χ1) is 25.7. The molecule has 1 aliphatic heterocycles. The molecule has 264 valence electrons. The molecule has 5 atom stereocenters. The Morgan fingerprint density at radius 3 is 1.13 bits per heavy atom. The van der Waals surface area contributed by atoms with Crippen LogP contribution in [-0.2, 0) is 49.1 Å². The Morgan fingerprint density at radius 2 is 0.750 bits per heavy atom. The van der Waals surface area contributed by atoms with E-state index in [4.69, 9.17) is 23.7 Å². The van der Waals surface area contributed by atoms with Crippen molar-refractivity contribution in [1.82, 2.24) is 0 Å². The maximum absolute atomic E-state index is 11.7. The highest BCUT2D eigenvalue weighted by Crippen LogP contribution is 2.41. The van der Waals surface area contributed by atoms with Crippen molar-refractivity contribution < 1.29 is 28.8 Å². The largest absolute Gasteiger partial charge is 0.368 e. The van der Waals surface area contributed by atoms with E-state index in [0.717, 1.165) is 33.4 Å². The van der Waals surface area contributed by atoms with Gasteiger partial charge in [-0.05, 0) is 33.4 Å². The lowest BCUT2D eigenvalue weighted by atomic mass is 9.80. The second-order valence-electron chi connectivity index (χ2n) is 12.9. The lowest BCUT2D eigenvalue weighted by molar-refractivity contribution is -0.319. The van der Waals surface area contributed by atoms with Crippen LogP contribution in [0.5, 0.6) is 0 Å². The normalized spacial score (nSPS) is 20.4. The summed E-state index contributed by atoms with van der Waals surface area (Å²) in [6, 6.07) is 60.5. The zero-order valence-corrected chi connectivity index (χ0v) is 29.0. The van der Waals surface area contributed by atoms with E-state index in [9.17, 15) is 5.11 Å². The van der Waals surface area contributed by atoms with Crippen LogP contribution in [0.4, 0.5) is 0 Å². The van der Waals surface area contributed by atoms with Crippen molar-refractivity contribution in [1.29, 1.82) is 0 Å². The van der Waals surface area contributed by atoms with Crippen LogP contribution in [0.25, 0.3) is 0 Å². The summed E-state index contributed by atoms with van der Waals surface area (Å²) in [5.74, 6) is 0. The van der Waals surface area contributed by atoms with Crippen molar-refractivity contribution in [2.45, 2.75) is 56.1 Å². The van der Waals surface area contributed by atoms with Crippen molar-refractivity contribution in [2.24, 2.45) is 0 Å². The Balaban J connectivity index is 1.25. The summed E-state index contributed by atoms with van der Waals surface area (Å²) in [6.07, 6.45) is -4.26. The highest BCUT2D eigenvalue weighted by molar-refractivity contribution is 5.47. The van der Waals surface area contributed by atoms with Crippen LogP contribution < -0.4 is 0 Å². The molecule has 6 nitrogen and oxygen atoms in total. The van der Waals surface area contributed by atoms with Crippen molar-refractivity contribution in [3.63, 3.8) is 0 Å². The Bertz CT molecular complexity index is 1800. The number of benzene rings is 6. The van der Waals surface area contributed by atoms with Crippen LogP contribution in [0.1, 0.15) is 33.4 Å². The summed E-state index contributed by atoms with van der Waals surface area (Å²) in [4.78, 5) is 0. The summed E-state index contributed by atoms with van der Waals surface area (Å²) in [5.41, 5.74) is 4.87. The molecule has 0 spiro atoms.